The van der Waals surface area contributed by atoms with E-state index in [-0.39, 0.29) is 0 Å². The third-order valence-corrected chi connectivity index (χ3v) is 7.65. The summed E-state index contributed by atoms with van der Waals surface area (Å²) in [5.74, 6) is 0. The molecule has 5 rings (SSSR count). The highest BCUT2D eigenvalue weighted by atomic mass is 35.5. The highest BCUT2D eigenvalue weighted by molar-refractivity contribution is 8.00. The second-order valence-corrected chi connectivity index (χ2v) is 10.3. The van der Waals surface area contributed by atoms with Crippen molar-refractivity contribution in [3.05, 3.63) is 47.6 Å². The van der Waals surface area contributed by atoms with Gasteiger partial charge in [0.05, 0.1) is 23.5 Å². The number of anilines is 1. The molecule has 0 spiro atoms. The maximum absolute atomic E-state index is 11.1. The number of thiazole rings is 1. The number of ether oxygens (including phenoxy) is 2. The molecule has 0 bridgehead atoms. The van der Waals surface area contributed by atoms with Gasteiger partial charge in [-0.15, -0.1) is 16.4 Å². The van der Waals surface area contributed by atoms with Crippen LogP contribution in [0, 0.1) is 0 Å². The van der Waals surface area contributed by atoms with E-state index < -0.39 is 36.4 Å². The van der Waals surface area contributed by atoms with Gasteiger partial charge in [-0.3, -0.25) is 4.98 Å². The molecule has 0 aromatic carbocycles. The number of aliphatic hydroxyl groups is 2. The van der Waals surface area contributed by atoms with Crippen molar-refractivity contribution in [3.63, 3.8) is 0 Å². The Kier molecular flexibility index (Phi) is 7.43. The van der Waals surface area contributed by atoms with Crippen molar-refractivity contribution in [2.45, 2.75) is 34.7 Å². The van der Waals surface area contributed by atoms with Crippen LogP contribution in [-0.2, 0) is 9.47 Å². The maximum Gasteiger partial charge on any atom is 0.180 e. The molecule has 4 aromatic rings. The Hall–Kier alpha value is -2.72. The number of aromatic nitrogens is 7. The van der Waals surface area contributed by atoms with E-state index in [1.165, 1.54) is 47.4 Å². The number of methoxy groups -OCH3 is 1. The van der Waals surface area contributed by atoms with E-state index in [1.54, 1.807) is 30.0 Å². The van der Waals surface area contributed by atoms with Crippen molar-refractivity contribution in [1.82, 2.24) is 34.9 Å². The number of halogens is 1. The first-order valence-electron chi connectivity index (χ1n) is 10.7. The van der Waals surface area contributed by atoms with Gasteiger partial charge in [-0.1, -0.05) is 28.6 Å². The third-order valence-electron chi connectivity index (χ3n) is 5.59. The molecular weight excluding hydrogens is 528 g/mol. The van der Waals surface area contributed by atoms with Gasteiger partial charge in [0.1, 0.15) is 47.5 Å². The summed E-state index contributed by atoms with van der Waals surface area (Å²) < 4.78 is 13.4. The Labute approximate surface area is 218 Å². The Morgan fingerprint density at radius 3 is 2.78 bits per heavy atom. The summed E-state index contributed by atoms with van der Waals surface area (Å²) in [6.07, 6.45) is 5.19. The van der Waals surface area contributed by atoms with Crippen LogP contribution < -0.4 is 5.73 Å². The minimum Gasteiger partial charge on any atom is -0.394 e. The predicted octanol–water partition coefficient (Wildman–Crippen LogP) is 1.92. The molecule has 15 heteroatoms. The lowest BCUT2D eigenvalue weighted by molar-refractivity contribution is -0.186. The van der Waals surface area contributed by atoms with Crippen molar-refractivity contribution in [2.75, 3.05) is 19.5 Å². The van der Waals surface area contributed by atoms with Gasteiger partial charge in [0.2, 0.25) is 0 Å². The number of nitrogens with two attached hydrogens (primary N) is 1. The molecule has 4 N–H and O–H groups in total. The molecule has 5 atom stereocenters. The van der Waals surface area contributed by atoms with Crippen LogP contribution in [0.1, 0.15) is 6.04 Å². The Bertz CT molecular complexity index is 1330. The van der Waals surface area contributed by atoms with E-state index in [2.05, 4.69) is 30.2 Å². The zero-order valence-corrected chi connectivity index (χ0v) is 21.1. The third kappa shape index (κ3) is 4.93. The first-order chi connectivity index (χ1) is 17.5. The quantitative estimate of drug-likeness (QED) is 0.307. The first kappa shape index (κ1) is 25.0. The molecule has 12 nitrogen and oxygen atoms in total. The zero-order valence-electron chi connectivity index (χ0n) is 18.7. The molecule has 0 aliphatic carbocycles. The summed E-state index contributed by atoms with van der Waals surface area (Å²) in [7, 11) is 1.52. The van der Waals surface area contributed by atoms with E-state index in [0.717, 1.165) is 0 Å². The summed E-state index contributed by atoms with van der Waals surface area (Å²) in [6, 6.07) is 1.03. The van der Waals surface area contributed by atoms with E-state index >= 15 is 0 Å². The topological polar surface area (TPSA) is 167 Å². The summed E-state index contributed by atoms with van der Waals surface area (Å²) in [5.41, 5.74) is 7.44. The molecule has 36 heavy (non-hydrogen) atoms. The molecule has 0 unspecified atom stereocenters. The van der Waals surface area contributed by atoms with Gasteiger partial charge in [0.25, 0.3) is 0 Å². The molecular formula is C21H21ClN8O4S2. The van der Waals surface area contributed by atoms with Gasteiger partial charge < -0.3 is 25.4 Å². The fourth-order valence-electron chi connectivity index (χ4n) is 3.93. The number of nitrogen functional groups attached to an aromatic ring is 1. The molecule has 1 aliphatic heterocycles. The number of hydrogen-bond donors (Lipinski definition) is 3. The molecule has 1 aliphatic rings. The fourth-order valence-corrected chi connectivity index (χ4v) is 6.04. The number of nitrogens with zero attached hydrogens (tertiary/aromatic N) is 7. The van der Waals surface area contributed by atoms with E-state index in [4.69, 9.17) is 26.8 Å². The van der Waals surface area contributed by atoms with Crippen LogP contribution in [0.25, 0.3) is 22.6 Å². The van der Waals surface area contributed by atoms with Crippen LogP contribution in [0.4, 0.5) is 5.13 Å². The molecule has 1 saturated heterocycles. The lowest BCUT2D eigenvalue weighted by Gasteiger charge is -2.43. The molecule has 4 aromatic heterocycles. The number of thioether (sulfide) groups is 1. The van der Waals surface area contributed by atoms with Gasteiger partial charge in [-0.2, -0.15) is 0 Å². The van der Waals surface area contributed by atoms with Crippen molar-refractivity contribution in [2.24, 2.45) is 0 Å². The van der Waals surface area contributed by atoms with Gasteiger partial charge in [-0.25, -0.2) is 19.6 Å². The van der Waals surface area contributed by atoms with E-state index in [9.17, 15) is 10.2 Å². The molecule has 0 radical (unpaired) electrons. The lowest BCUT2D eigenvalue weighted by atomic mass is 9.97. The van der Waals surface area contributed by atoms with E-state index in [1.807, 2.05) is 0 Å². The predicted molar refractivity (Wildman–Crippen MR) is 133 cm³/mol. The van der Waals surface area contributed by atoms with Crippen LogP contribution in [0.2, 0.25) is 5.02 Å². The number of rotatable bonds is 7. The molecule has 1 fully saturated rings. The minimum absolute atomic E-state index is 0.409. The van der Waals surface area contributed by atoms with Crippen molar-refractivity contribution in [1.29, 1.82) is 0 Å². The van der Waals surface area contributed by atoms with Gasteiger partial charge in [-0.05, 0) is 6.07 Å². The smallest absolute Gasteiger partial charge is 0.180 e. The lowest BCUT2D eigenvalue weighted by Crippen LogP contribution is -2.55. The second-order valence-electron chi connectivity index (χ2n) is 7.81. The Morgan fingerprint density at radius 1 is 1.28 bits per heavy atom. The Morgan fingerprint density at radius 2 is 2.08 bits per heavy atom. The highest BCUT2D eigenvalue weighted by Gasteiger charge is 2.47. The minimum atomic E-state index is -1.13. The van der Waals surface area contributed by atoms with Crippen LogP contribution in [0.3, 0.4) is 0 Å². The average Bonchev–Trinajstić information content (AvgIpc) is 3.54. The highest BCUT2D eigenvalue weighted by Crippen LogP contribution is 2.42. The van der Waals surface area contributed by atoms with Crippen LogP contribution in [0.15, 0.2) is 47.5 Å². The maximum atomic E-state index is 11.1. The van der Waals surface area contributed by atoms with Crippen molar-refractivity contribution in [3.8, 4) is 22.6 Å². The monoisotopic (exact) mass is 548 g/mol. The van der Waals surface area contributed by atoms with Crippen molar-refractivity contribution >= 4 is 39.8 Å². The Balaban J connectivity index is 1.49. The zero-order chi connectivity index (χ0) is 25.2. The van der Waals surface area contributed by atoms with Crippen LogP contribution in [0.5, 0.6) is 0 Å². The first-order valence-corrected chi connectivity index (χ1v) is 12.8. The average molecular weight is 549 g/mol. The normalized spacial score (nSPS) is 24.2. The van der Waals surface area contributed by atoms with Crippen LogP contribution >= 0.6 is 34.7 Å². The summed E-state index contributed by atoms with van der Waals surface area (Å²) in [4.78, 5) is 17.5. The molecule has 5 heterocycles. The largest absolute Gasteiger partial charge is 0.394 e. The van der Waals surface area contributed by atoms with Crippen LogP contribution in [-0.4, -0.2) is 82.6 Å². The van der Waals surface area contributed by atoms with Gasteiger partial charge in [0, 0.05) is 41.5 Å². The molecule has 0 saturated carbocycles. The summed E-state index contributed by atoms with van der Waals surface area (Å²) in [5, 5.41) is 32.1. The number of hydrogen-bond acceptors (Lipinski definition) is 13. The van der Waals surface area contributed by atoms with Crippen molar-refractivity contribution < 1.29 is 19.7 Å². The standard InChI is InChI=1S/C21H21ClN8O4S2/c1-33-19-17(30-6-12(28-29-30)13-8-35-21(23)27-13)18(32)14(7-31)34-20(19)36-15-2-11(22)5-26-16(15)10-3-24-9-25-4-10/h2-6,8-9,14,17-20,31-32H,7H2,1H3,(H2,23,27)/t14-,17+,18+,19-,20-/m1/s1. The van der Waals surface area contributed by atoms with Gasteiger partial charge in [0.15, 0.2) is 5.13 Å². The van der Waals surface area contributed by atoms with E-state index in [0.29, 0.717) is 37.7 Å². The summed E-state index contributed by atoms with van der Waals surface area (Å²) >= 11 is 8.85. The molecule has 188 valence electrons. The second kappa shape index (κ2) is 10.7. The van der Waals surface area contributed by atoms with Gasteiger partial charge >= 0.3 is 0 Å². The fraction of sp³-hybridized carbons (Fsp3) is 0.333. The number of pyridine rings is 1. The SMILES string of the molecule is CO[C@@H]1[C@@H](n2cc(-c3csc(N)n3)nn2)[C@@H](O)[C@@H](CO)O[C@@H]1Sc1cc(Cl)cnc1-c1cncnc1. The summed E-state index contributed by atoms with van der Waals surface area (Å²) in [6.45, 7) is -0.414. The molecule has 0 amide bonds. The number of aliphatic hydroxyl groups excluding tert-OH is 2.